The summed E-state index contributed by atoms with van der Waals surface area (Å²) < 4.78 is 18.6. The van der Waals surface area contributed by atoms with Crippen LogP contribution in [0.3, 0.4) is 0 Å². The van der Waals surface area contributed by atoms with Crippen molar-refractivity contribution < 1.29 is 24.0 Å². The molecule has 0 bridgehead atoms. The second-order valence-corrected chi connectivity index (χ2v) is 4.22. The Morgan fingerprint density at radius 3 is 3.00 bits per heavy atom. The maximum atomic E-state index is 13.6. The molecule has 96 valence electrons. The van der Waals surface area contributed by atoms with Crippen LogP contribution in [0.5, 0.6) is 0 Å². The first-order valence-electron chi connectivity index (χ1n) is 5.59. The maximum Gasteiger partial charge on any atom is 0.494 e. The minimum absolute atomic E-state index is 0.0938. The van der Waals surface area contributed by atoms with Gasteiger partial charge < -0.3 is 20.5 Å². The summed E-state index contributed by atoms with van der Waals surface area (Å²) in [6, 6.07) is 1.66. The van der Waals surface area contributed by atoms with E-state index < -0.39 is 24.9 Å². The molecule has 0 spiro atoms. The molecule has 5 nitrogen and oxygen atoms in total. The minimum atomic E-state index is -1.30. The lowest BCUT2D eigenvalue weighted by atomic mass is 9.71. The number of rotatable bonds is 3. The fourth-order valence-electron chi connectivity index (χ4n) is 2.11. The van der Waals surface area contributed by atoms with E-state index >= 15 is 0 Å². The van der Waals surface area contributed by atoms with Crippen molar-refractivity contribution >= 4 is 18.6 Å². The van der Waals surface area contributed by atoms with Crippen LogP contribution in [0.15, 0.2) is 12.1 Å². The number of halogens is 1. The molecule has 1 aromatic carbocycles. The second-order valence-electron chi connectivity index (χ2n) is 4.22. The third kappa shape index (κ3) is 2.38. The Hall–Kier alpha value is -1.44. The second kappa shape index (κ2) is 5.05. The van der Waals surface area contributed by atoms with E-state index in [4.69, 9.17) is 15.5 Å². The van der Waals surface area contributed by atoms with Crippen molar-refractivity contribution in [1.29, 1.82) is 0 Å². The molecular formula is C11H13BFNO4. The number of hydrogen-bond acceptors (Lipinski definition) is 4. The van der Waals surface area contributed by atoms with E-state index in [-0.39, 0.29) is 18.5 Å². The van der Waals surface area contributed by atoms with Gasteiger partial charge in [-0.1, -0.05) is 6.07 Å². The van der Waals surface area contributed by atoms with E-state index in [2.05, 4.69) is 0 Å². The van der Waals surface area contributed by atoms with Crippen LogP contribution < -0.4 is 11.2 Å². The number of carboxylic acids is 1. The molecule has 18 heavy (non-hydrogen) atoms. The van der Waals surface area contributed by atoms with Gasteiger partial charge in [0, 0.05) is 12.1 Å². The minimum Gasteiger partial charge on any atom is -0.480 e. The Bertz CT molecular complexity index is 482. The van der Waals surface area contributed by atoms with Crippen molar-refractivity contribution in [2.45, 2.75) is 18.9 Å². The van der Waals surface area contributed by atoms with Gasteiger partial charge in [0.05, 0.1) is 0 Å². The highest BCUT2D eigenvalue weighted by molar-refractivity contribution is 6.61. The highest BCUT2D eigenvalue weighted by Crippen LogP contribution is 2.16. The van der Waals surface area contributed by atoms with Crippen LogP contribution in [0.4, 0.5) is 4.39 Å². The summed E-state index contributed by atoms with van der Waals surface area (Å²) in [6.07, 6.45) is 0.538. The fraction of sp³-hybridized carbons (Fsp3) is 0.364. The molecule has 0 saturated heterocycles. The molecule has 1 aliphatic rings. The number of fused-ring (bicyclic) bond motifs is 1. The zero-order valence-electron chi connectivity index (χ0n) is 9.60. The number of carbonyl (C=O) groups is 1. The average Bonchev–Trinajstić information content (AvgIpc) is 2.32. The van der Waals surface area contributed by atoms with Crippen LogP contribution in [0, 0.1) is 5.82 Å². The molecule has 1 aliphatic heterocycles. The van der Waals surface area contributed by atoms with Crippen molar-refractivity contribution in [2.75, 3.05) is 6.61 Å². The Morgan fingerprint density at radius 1 is 1.61 bits per heavy atom. The van der Waals surface area contributed by atoms with E-state index in [9.17, 15) is 14.2 Å². The van der Waals surface area contributed by atoms with Gasteiger partial charge in [-0.2, -0.15) is 0 Å². The van der Waals surface area contributed by atoms with Crippen molar-refractivity contribution in [3.05, 3.63) is 29.1 Å². The predicted octanol–water partition coefficient (Wildman–Crippen LogP) is -0.960. The summed E-state index contributed by atoms with van der Waals surface area (Å²) in [5, 5.41) is 18.4. The van der Waals surface area contributed by atoms with Gasteiger partial charge in [0.25, 0.3) is 0 Å². The van der Waals surface area contributed by atoms with E-state index in [0.717, 1.165) is 0 Å². The Kier molecular flexibility index (Phi) is 3.65. The van der Waals surface area contributed by atoms with Crippen LogP contribution in [0.2, 0.25) is 0 Å². The smallest absolute Gasteiger partial charge is 0.480 e. The largest absolute Gasteiger partial charge is 0.494 e. The Labute approximate surface area is 104 Å². The molecular weight excluding hydrogens is 240 g/mol. The fourth-order valence-corrected chi connectivity index (χ4v) is 2.11. The SMILES string of the molecule is N[C@@H](Cc1ccc(F)c2c1CCOB2O)C(=O)O. The topological polar surface area (TPSA) is 92.8 Å². The molecule has 0 amide bonds. The Balaban J connectivity index is 2.38. The van der Waals surface area contributed by atoms with E-state index in [1.54, 1.807) is 0 Å². The molecule has 0 unspecified atom stereocenters. The van der Waals surface area contributed by atoms with Crippen LogP contribution in [-0.2, 0) is 22.3 Å². The summed E-state index contributed by atoms with van der Waals surface area (Å²) in [5.41, 5.74) is 6.81. The lowest BCUT2D eigenvalue weighted by molar-refractivity contribution is -0.138. The van der Waals surface area contributed by atoms with E-state index in [1.807, 2.05) is 0 Å². The van der Waals surface area contributed by atoms with Crippen molar-refractivity contribution in [1.82, 2.24) is 0 Å². The lowest BCUT2D eigenvalue weighted by Crippen LogP contribution is -2.44. The van der Waals surface area contributed by atoms with Gasteiger partial charge in [0.2, 0.25) is 0 Å². The Morgan fingerprint density at radius 2 is 2.33 bits per heavy atom. The molecule has 0 saturated carbocycles. The molecule has 0 aromatic heterocycles. The summed E-state index contributed by atoms with van der Waals surface area (Å²) in [4.78, 5) is 10.7. The summed E-state index contributed by atoms with van der Waals surface area (Å²) in [7, 11) is -1.30. The maximum absolute atomic E-state index is 13.6. The van der Waals surface area contributed by atoms with Gasteiger partial charge >= 0.3 is 13.1 Å². The molecule has 4 N–H and O–H groups in total. The molecule has 1 atom stereocenters. The number of hydrogen-bond donors (Lipinski definition) is 3. The monoisotopic (exact) mass is 253 g/mol. The summed E-state index contributed by atoms with van der Waals surface area (Å²) in [6.45, 7) is 0.271. The third-order valence-corrected chi connectivity index (χ3v) is 3.03. The predicted molar refractivity (Wildman–Crippen MR) is 63.0 cm³/mol. The summed E-state index contributed by atoms with van der Waals surface area (Å²) in [5.74, 6) is -1.66. The van der Waals surface area contributed by atoms with Crippen LogP contribution in [0.25, 0.3) is 0 Å². The molecule has 0 fully saturated rings. The number of aliphatic carboxylic acids is 1. The summed E-state index contributed by atoms with van der Waals surface area (Å²) >= 11 is 0. The van der Waals surface area contributed by atoms with E-state index in [0.29, 0.717) is 17.5 Å². The van der Waals surface area contributed by atoms with Gasteiger partial charge in [-0.25, -0.2) is 4.39 Å². The standard InChI is InChI=1S/C11H13BFNO4/c13-8-2-1-6(5-9(14)11(15)16)7-3-4-18-12(17)10(7)8/h1-2,9,17H,3-5,14H2,(H,15,16)/t9-/m0/s1. The number of benzene rings is 1. The molecule has 0 aliphatic carbocycles. The molecule has 0 radical (unpaired) electrons. The highest BCUT2D eigenvalue weighted by Gasteiger charge is 2.30. The first-order chi connectivity index (χ1) is 8.50. The normalized spacial score (nSPS) is 16.3. The van der Waals surface area contributed by atoms with Crippen molar-refractivity contribution in [3.63, 3.8) is 0 Å². The molecule has 2 rings (SSSR count). The molecule has 1 aromatic rings. The van der Waals surface area contributed by atoms with Gasteiger partial charge in [0.15, 0.2) is 0 Å². The van der Waals surface area contributed by atoms with Gasteiger partial charge in [-0.15, -0.1) is 0 Å². The van der Waals surface area contributed by atoms with Gasteiger partial charge in [-0.3, -0.25) is 4.79 Å². The van der Waals surface area contributed by atoms with Crippen LogP contribution >= 0.6 is 0 Å². The molecule has 1 heterocycles. The van der Waals surface area contributed by atoms with E-state index in [1.165, 1.54) is 12.1 Å². The van der Waals surface area contributed by atoms with Gasteiger partial charge in [0.1, 0.15) is 11.9 Å². The first-order valence-corrected chi connectivity index (χ1v) is 5.59. The quantitative estimate of drug-likeness (QED) is 0.603. The lowest BCUT2D eigenvalue weighted by Gasteiger charge is -2.23. The third-order valence-electron chi connectivity index (χ3n) is 3.03. The van der Waals surface area contributed by atoms with Crippen molar-refractivity contribution in [3.8, 4) is 0 Å². The van der Waals surface area contributed by atoms with Crippen LogP contribution in [-0.4, -0.2) is 35.9 Å². The zero-order chi connectivity index (χ0) is 13.3. The van der Waals surface area contributed by atoms with Gasteiger partial charge in [-0.05, 0) is 30.0 Å². The molecule has 7 heteroatoms. The number of carboxylic acid groups (broad SMARTS) is 1. The number of nitrogens with two attached hydrogens (primary N) is 1. The highest BCUT2D eigenvalue weighted by atomic mass is 19.1. The average molecular weight is 253 g/mol. The zero-order valence-corrected chi connectivity index (χ0v) is 9.60. The van der Waals surface area contributed by atoms with Crippen LogP contribution in [0.1, 0.15) is 11.1 Å². The van der Waals surface area contributed by atoms with Crippen molar-refractivity contribution in [2.24, 2.45) is 5.73 Å². The first kappa shape index (κ1) is 13.0.